The topological polar surface area (TPSA) is 115 Å². The minimum atomic E-state index is -1.23. The van der Waals surface area contributed by atoms with Crippen molar-refractivity contribution in [2.24, 2.45) is 0 Å². The maximum atomic E-state index is 11.1. The number of nitrogens with zero attached hydrogens (tertiary/aromatic N) is 1. The number of hydrogen-bond acceptors (Lipinski definition) is 4. The van der Waals surface area contributed by atoms with E-state index in [1.54, 1.807) is 0 Å². The number of aliphatic hydroxyl groups is 1. The van der Waals surface area contributed by atoms with E-state index in [9.17, 15) is 9.59 Å². The molecule has 1 amide bonds. The molecule has 0 radical (unpaired) electrons. The highest BCUT2D eigenvalue weighted by molar-refractivity contribution is 5.85. The Kier molecular flexibility index (Phi) is 4.01. The number of aliphatic hydroxyl groups excluding tert-OH is 1. The minimum Gasteiger partial charge on any atom is -0.480 e. The number of carboxylic acid groups (broad SMARTS) is 1. The Morgan fingerprint density at radius 3 is 2.75 bits per heavy atom. The first-order valence-electron chi connectivity index (χ1n) is 4.69. The number of aliphatic carboxylic acids is 1. The fraction of sp³-hybridized carbons (Fsp3) is 0.444. The molecule has 2 unspecified atom stereocenters. The zero-order valence-electron chi connectivity index (χ0n) is 8.67. The number of rotatable bonds is 5. The van der Waals surface area contributed by atoms with Gasteiger partial charge in [-0.05, 0) is 6.92 Å². The third-order valence-corrected chi connectivity index (χ3v) is 1.97. The summed E-state index contributed by atoms with van der Waals surface area (Å²) in [6.45, 7) is 1.27. The number of nitrogens with one attached hydrogen (secondary N) is 2. The van der Waals surface area contributed by atoms with Gasteiger partial charge in [0.1, 0.15) is 12.1 Å². The zero-order valence-corrected chi connectivity index (χ0v) is 8.67. The number of carbonyl (C=O) groups is 2. The lowest BCUT2D eigenvalue weighted by atomic mass is 10.1. The summed E-state index contributed by atoms with van der Waals surface area (Å²) in [6.07, 6.45) is 1.76. The molecular formula is C9H13N3O4. The smallest absolute Gasteiger partial charge is 0.326 e. The fourth-order valence-corrected chi connectivity index (χ4v) is 1.11. The molecule has 0 bridgehead atoms. The molecule has 88 valence electrons. The van der Waals surface area contributed by atoms with Crippen LogP contribution in [0.3, 0.4) is 0 Å². The Balaban J connectivity index is 2.62. The van der Waals surface area contributed by atoms with Gasteiger partial charge in [-0.1, -0.05) is 0 Å². The summed E-state index contributed by atoms with van der Waals surface area (Å²) < 4.78 is 0. The van der Waals surface area contributed by atoms with Crippen LogP contribution in [-0.4, -0.2) is 44.2 Å². The highest BCUT2D eigenvalue weighted by atomic mass is 16.4. The van der Waals surface area contributed by atoms with Gasteiger partial charge in [0.15, 0.2) is 0 Å². The molecule has 2 atom stereocenters. The number of carboxylic acids is 1. The van der Waals surface area contributed by atoms with Gasteiger partial charge in [-0.2, -0.15) is 0 Å². The molecule has 1 heterocycles. The third kappa shape index (κ3) is 3.35. The van der Waals surface area contributed by atoms with Crippen LogP contribution in [0.1, 0.15) is 12.6 Å². The number of carbonyl (C=O) groups excluding carboxylic acids is 1. The van der Waals surface area contributed by atoms with Gasteiger partial charge in [-0.3, -0.25) is 4.79 Å². The molecule has 16 heavy (non-hydrogen) atoms. The lowest BCUT2D eigenvalue weighted by molar-refractivity contribution is -0.143. The Labute approximate surface area is 91.5 Å². The standard InChI is InChI=1S/C9H13N3O4/c1-5(13)8(14)12-7(9(15)16)2-6-3-10-4-11-6/h3-5,7,13H,2H2,1H3,(H,10,11)(H,12,14)(H,15,16). The number of H-pyrrole nitrogens is 1. The number of aromatic amines is 1. The molecule has 7 heteroatoms. The van der Waals surface area contributed by atoms with E-state index < -0.39 is 24.0 Å². The second kappa shape index (κ2) is 5.26. The molecule has 0 spiro atoms. The maximum absolute atomic E-state index is 11.1. The first-order chi connectivity index (χ1) is 7.50. The molecule has 0 aliphatic carbocycles. The van der Waals surface area contributed by atoms with E-state index in [-0.39, 0.29) is 6.42 Å². The van der Waals surface area contributed by atoms with Crippen LogP contribution in [0.25, 0.3) is 0 Å². The van der Waals surface area contributed by atoms with Crippen molar-refractivity contribution in [2.45, 2.75) is 25.5 Å². The summed E-state index contributed by atoms with van der Waals surface area (Å²) in [4.78, 5) is 28.5. The molecular weight excluding hydrogens is 214 g/mol. The van der Waals surface area contributed by atoms with Gasteiger partial charge in [-0.25, -0.2) is 9.78 Å². The van der Waals surface area contributed by atoms with Gasteiger partial charge in [-0.15, -0.1) is 0 Å². The first kappa shape index (κ1) is 12.2. The van der Waals surface area contributed by atoms with Gasteiger partial charge < -0.3 is 20.5 Å². The van der Waals surface area contributed by atoms with Crippen molar-refractivity contribution in [1.29, 1.82) is 0 Å². The van der Waals surface area contributed by atoms with Crippen molar-refractivity contribution >= 4 is 11.9 Å². The summed E-state index contributed by atoms with van der Waals surface area (Å²) in [5.74, 6) is -1.88. The summed E-state index contributed by atoms with van der Waals surface area (Å²) >= 11 is 0. The summed E-state index contributed by atoms with van der Waals surface area (Å²) in [5.41, 5.74) is 0.596. The lowest BCUT2D eigenvalue weighted by Gasteiger charge is -2.14. The SMILES string of the molecule is CC(O)C(=O)NC(Cc1cnc[nH]1)C(=O)O. The highest BCUT2D eigenvalue weighted by Gasteiger charge is 2.22. The normalized spacial score (nSPS) is 14.1. The first-order valence-corrected chi connectivity index (χ1v) is 4.69. The van der Waals surface area contributed by atoms with Crippen LogP contribution >= 0.6 is 0 Å². The van der Waals surface area contributed by atoms with Crippen molar-refractivity contribution < 1.29 is 19.8 Å². The van der Waals surface area contributed by atoms with E-state index >= 15 is 0 Å². The van der Waals surface area contributed by atoms with Gasteiger partial charge >= 0.3 is 5.97 Å². The summed E-state index contributed by atoms with van der Waals surface area (Å²) in [5, 5.41) is 20.0. The van der Waals surface area contributed by atoms with Gasteiger partial charge in [0.25, 0.3) is 0 Å². The molecule has 1 aromatic heterocycles. The predicted molar refractivity (Wildman–Crippen MR) is 53.5 cm³/mol. The minimum absolute atomic E-state index is 0.0911. The van der Waals surface area contributed by atoms with Crippen molar-refractivity contribution in [3.63, 3.8) is 0 Å². The molecule has 0 saturated carbocycles. The second-order valence-electron chi connectivity index (χ2n) is 3.36. The second-order valence-corrected chi connectivity index (χ2v) is 3.36. The van der Waals surface area contributed by atoms with Crippen molar-refractivity contribution in [1.82, 2.24) is 15.3 Å². The third-order valence-electron chi connectivity index (χ3n) is 1.97. The van der Waals surface area contributed by atoms with E-state index in [1.165, 1.54) is 19.4 Å². The average molecular weight is 227 g/mol. The van der Waals surface area contributed by atoms with Crippen LogP contribution in [0.2, 0.25) is 0 Å². The Hall–Kier alpha value is -1.89. The number of hydrogen-bond donors (Lipinski definition) is 4. The lowest BCUT2D eigenvalue weighted by Crippen LogP contribution is -2.46. The van der Waals surface area contributed by atoms with E-state index in [2.05, 4.69) is 15.3 Å². The van der Waals surface area contributed by atoms with Crippen LogP contribution in [0.5, 0.6) is 0 Å². The quantitative estimate of drug-likeness (QED) is 0.509. The number of amides is 1. The fourth-order valence-electron chi connectivity index (χ4n) is 1.11. The van der Waals surface area contributed by atoms with Gasteiger partial charge in [0.2, 0.25) is 5.91 Å². The van der Waals surface area contributed by atoms with Gasteiger partial charge in [0, 0.05) is 18.3 Å². The Morgan fingerprint density at radius 1 is 1.62 bits per heavy atom. The van der Waals surface area contributed by atoms with E-state index in [1.807, 2.05) is 0 Å². The Bertz CT molecular complexity index is 361. The molecule has 7 nitrogen and oxygen atoms in total. The molecule has 0 aliphatic heterocycles. The van der Waals surface area contributed by atoms with Crippen LogP contribution < -0.4 is 5.32 Å². The average Bonchev–Trinajstić information content (AvgIpc) is 2.68. The highest BCUT2D eigenvalue weighted by Crippen LogP contribution is 1.99. The molecule has 4 N–H and O–H groups in total. The van der Waals surface area contributed by atoms with Crippen molar-refractivity contribution in [2.75, 3.05) is 0 Å². The maximum Gasteiger partial charge on any atom is 0.326 e. The van der Waals surface area contributed by atoms with Crippen LogP contribution in [0.15, 0.2) is 12.5 Å². The number of imidazole rings is 1. The van der Waals surface area contributed by atoms with Crippen molar-refractivity contribution in [3.05, 3.63) is 18.2 Å². The molecule has 0 saturated heterocycles. The molecule has 0 aromatic carbocycles. The zero-order chi connectivity index (χ0) is 12.1. The summed E-state index contributed by atoms with van der Waals surface area (Å²) in [6, 6.07) is -1.08. The van der Waals surface area contributed by atoms with E-state index in [4.69, 9.17) is 10.2 Å². The summed E-state index contributed by atoms with van der Waals surface area (Å²) in [7, 11) is 0. The van der Waals surface area contributed by atoms with Crippen molar-refractivity contribution in [3.8, 4) is 0 Å². The van der Waals surface area contributed by atoms with E-state index in [0.29, 0.717) is 5.69 Å². The van der Waals surface area contributed by atoms with Crippen LogP contribution in [-0.2, 0) is 16.0 Å². The predicted octanol–water partition coefficient (Wildman–Crippen LogP) is -1.10. The molecule has 0 fully saturated rings. The van der Waals surface area contributed by atoms with Crippen LogP contribution in [0.4, 0.5) is 0 Å². The largest absolute Gasteiger partial charge is 0.480 e. The molecule has 0 aliphatic rings. The molecule has 1 aromatic rings. The van der Waals surface area contributed by atoms with Gasteiger partial charge in [0.05, 0.1) is 6.33 Å². The van der Waals surface area contributed by atoms with E-state index in [0.717, 1.165) is 0 Å². The molecule has 1 rings (SSSR count). The van der Waals surface area contributed by atoms with Crippen LogP contribution in [0, 0.1) is 0 Å². The number of aromatic nitrogens is 2. The Morgan fingerprint density at radius 2 is 2.31 bits per heavy atom. The monoisotopic (exact) mass is 227 g/mol.